The van der Waals surface area contributed by atoms with Crippen LogP contribution in [0.5, 0.6) is 0 Å². The van der Waals surface area contributed by atoms with Crippen LogP contribution < -0.4 is 0 Å². The molecule has 0 radical (unpaired) electrons. The van der Waals surface area contributed by atoms with Crippen LogP contribution in [0, 0.1) is 5.92 Å². The molecule has 0 amide bonds. The van der Waals surface area contributed by atoms with E-state index in [0.717, 1.165) is 23.6 Å². The minimum Gasteiger partial charge on any atom is -0.389 e. The van der Waals surface area contributed by atoms with Crippen molar-refractivity contribution >= 4 is 17.7 Å². The van der Waals surface area contributed by atoms with E-state index < -0.39 is 6.10 Å². The van der Waals surface area contributed by atoms with E-state index in [1.54, 1.807) is 0 Å². The van der Waals surface area contributed by atoms with E-state index in [-0.39, 0.29) is 5.92 Å². The summed E-state index contributed by atoms with van der Waals surface area (Å²) >= 11 is 6.13. The van der Waals surface area contributed by atoms with E-state index in [9.17, 15) is 5.11 Å². The van der Waals surface area contributed by atoms with Crippen molar-refractivity contribution in [2.45, 2.75) is 38.7 Å². The van der Waals surface area contributed by atoms with E-state index >= 15 is 0 Å². The van der Waals surface area contributed by atoms with Crippen LogP contribution in [-0.2, 0) is 0 Å². The van der Waals surface area contributed by atoms with Crippen LogP contribution in [0.1, 0.15) is 38.2 Å². The zero-order valence-electron chi connectivity index (χ0n) is 13.4. The molecule has 21 heavy (non-hydrogen) atoms. The maximum atomic E-state index is 10.5. The highest BCUT2D eigenvalue weighted by Crippen LogP contribution is 2.20. The monoisotopic (exact) mass is 309 g/mol. The molecule has 1 rings (SSSR count). The summed E-state index contributed by atoms with van der Waals surface area (Å²) in [6.07, 6.45) is 8.04. The van der Waals surface area contributed by atoms with Gasteiger partial charge < -0.3 is 10.0 Å². The number of benzene rings is 1. The van der Waals surface area contributed by atoms with Gasteiger partial charge >= 0.3 is 0 Å². The first-order chi connectivity index (χ1) is 10.0. The van der Waals surface area contributed by atoms with Crippen molar-refractivity contribution in [2.75, 3.05) is 20.6 Å². The fraction of sp³-hybridized carbons (Fsp3) is 0.556. The average molecular weight is 310 g/mol. The predicted molar refractivity (Wildman–Crippen MR) is 92.7 cm³/mol. The Morgan fingerprint density at radius 1 is 1.24 bits per heavy atom. The largest absolute Gasteiger partial charge is 0.389 e. The quantitative estimate of drug-likeness (QED) is 0.680. The zero-order chi connectivity index (χ0) is 15.7. The number of halogens is 1. The molecule has 1 aromatic rings. The second kappa shape index (κ2) is 9.99. The molecule has 2 atom stereocenters. The predicted octanol–water partition coefficient (Wildman–Crippen LogP) is 4.47. The van der Waals surface area contributed by atoms with Gasteiger partial charge in [0.1, 0.15) is 0 Å². The number of hydrogen-bond donors (Lipinski definition) is 1. The van der Waals surface area contributed by atoms with Crippen LogP contribution in [0.3, 0.4) is 0 Å². The standard InChI is InChI=1S/C18H28ClNO/c1-4-5-6-10-16(14-20(2)3)18(21)13-12-15-9-7-8-11-17(15)19/h7-9,11-13,16,18,21H,4-6,10,14H2,1-3H3/b13-12+/t16-,18+/m0/s1. The highest BCUT2D eigenvalue weighted by atomic mass is 35.5. The molecular weight excluding hydrogens is 282 g/mol. The third kappa shape index (κ3) is 7.12. The normalized spacial score (nSPS) is 14.8. The summed E-state index contributed by atoms with van der Waals surface area (Å²) in [5.41, 5.74) is 0.954. The Balaban J connectivity index is 2.66. The molecule has 0 aliphatic heterocycles. The summed E-state index contributed by atoms with van der Waals surface area (Å²) in [5.74, 6) is 0.269. The second-order valence-electron chi connectivity index (χ2n) is 5.89. The van der Waals surface area contributed by atoms with Gasteiger partial charge in [0.05, 0.1) is 6.10 Å². The van der Waals surface area contributed by atoms with Gasteiger partial charge in [0, 0.05) is 17.5 Å². The van der Waals surface area contributed by atoms with Crippen molar-refractivity contribution in [3.05, 3.63) is 40.9 Å². The molecule has 0 saturated carbocycles. The maximum Gasteiger partial charge on any atom is 0.0764 e. The summed E-state index contributed by atoms with van der Waals surface area (Å²) in [6.45, 7) is 3.10. The molecule has 2 nitrogen and oxygen atoms in total. The lowest BCUT2D eigenvalue weighted by atomic mass is 9.94. The topological polar surface area (TPSA) is 23.5 Å². The lowest BCUT2D eigenvalue weighted by Gasteiger charge is -2.24. The molecule has 0 fully saturated rings. The SMILES string of the molecule is CCCCC[C@@H](CN(C)C)[C@H](O)/C=C/c1ccccc1Cl. The number of nitrogens with zero attached hydrogens (tertiary/aromatic N) is 1. The fourth-order valence-electron chi connectivity index (χ4n) is 2.47. The average Bonchev–Trinajstić information content (AvgIpc) is 2.45. The first-order valence-corrected chi connectivity index (χ1v) is 8.18. The Morgan fingerprint density at radius 3 is 2.57 bits per heavy atom. The van der Waals surface area contributed by atoms with Crippen molar-refractivity contribution in [1.29, 1.82) is 0 Å². The van der Waals surface area contributed by atoms with Crippen LogP contribution in [0.2, 0.25) is 5.02 Å². The summed E-state index contributed by atoms with van der Waals surface area (Å²) in [4.78, 5) is 2.14. The minimum atomic E-state index is -0.430. The molecule has 0 aliphatic rings. The van der Waals surface area contributed by atoms with Crippen LogP contribution in [0.15, 0.2) is 30.3 Å². The van der Waals surface area contributed by atoms with E-state index in [1.807, 2.05) is 36.4 Å². The fourth-order valence-corrected chi connectivity index (χ4v) is 2.66. The Labute approximate surface area is 134 Å². The lowest BCUT2D eigenvalue weighted by Crippen LogP contribution is -2.30. The van der Waals surface area contributed by atoms with Crippen molar-refractivity contribution in [2.24, 2.45) is 5.92 Å². The Hall–Kier alpha value is -0.830. The van der Waals surface area contributed by atoms with Crippen molar-refractivity contribution in [1.82, 2.24) is 4.90 Å². The molecule has 0 unspecified atom stereocenters. The van der Waals surface area contributed by atoms with Gasteiger partial charge in [0.2, 0.25) is 0 Å². The highest BCUT2D eigenvalue weighted by molar-refractivity contribution is 6.32. The smallest absolute Gasteiger partial charge is 0.0764 e. The highest BCUT2D eigenvalue weighted by Gasteiger charge is 2.17. The van der Waals surface area contributed by atoms with Gasteiger partial charge in [-0.05, 0) is 32.1 Å². The molecule has 3 heteroatoms. The molecule has 118 valence electrons. The van der Waals surface area contributed by atoms with Crippen LogP contribution in [0.4, 0.5) is 0 Å². The maximum absolute atomic E-state index is 10.5. The Bertz CT molecular complexity index is 431. The summed E-state index contributed by atoms with van der Waals surface area (Å²) < 4.78 is 0. The van der Waals surface area contributed by atoms with E-state index in [2.05, 4.69) is 25.9 Å². The zero-order valence-corrected chi connectivity index (χ0v) is 14.2. The molecule has 0 heterocycles. The first-order valence-electron chi connectivity index (χ1n) is 7.80. The number of unbranched alkanes of at least 4 members (excludes halogenated alkanes) is 2. The number of rotatable bonds is 9. The van der Waals surface area contributed by atoms with Crippen molar-refractivity contribution in [3.8, 4) is 0 Å². The molecule has 0 saturated heterocycles. The number of hydrogen-bond acceptors (Lipinski definition) is 2. The number of aliphatic hydroxyl groups is 1. The molecule has 0 spiro atoms. The van der Waals surface area contributed by atoms with E-state index in [4.69, 9.17) is 11.6 Å². The molecule has 0 aliphatic carbocycles. The summed E-state index contributed by atoms with van der Waals surface area (Å²) in [5, 5.41) is 11.2. The number of aliphatic hydroxyl groups excluding tert-OH is 1. The second-order valence-corrected chi connectivity index (χ2v) is 6.30. The van der Waals surface area contributed by atoms with Gasteiger partial charge in [-0.1, -0.05) is 68.1 Å². The Kier molecular flexibility index (Phi) is 8.67. The third-order valence-electron chi connectivity index (χ3n) is 3.64. The summed E-state index contributed by atoms with van der Waals surface area (Å²) in [6, 6.07) is 7.70. The van der Waals surface area contributed by atoms with Gasteiger partial charge in [-0.15, -0.1) is 0 Å². The minimum absolute atomic E-state index is 0.269. The van der Waals surface area contributed by atoms with Crippen LogP contribution >= 0.6 is 11.6 Å². The molecular formula is C18H28ClNO. The first kappa shape index (κ1) is 18.2. The molecule has 1 aromatic carbocycles. The molecule has 0 bridgehead atoms. The molecule has 0 aromatic heterocycles. The third-order valence-corrected chi connectivity index (χ3v) is 3.98. The summed E-state index contributed by atoms with van der Waals surface area (Å²) in [7, 11) is 4.11. The van der Waals surface area contributed by atoms with Gasteiger partial charge in [-0.25, -0.2) is 0 Å². The van der Waals surface area contributed by atoms with Crippen molar-refractivity contribution < 1.29 is 5.11 Å². The van der Waals surface area contributed by atoms with Gasteiger partial charge in [0.25, 0.3) is 0 Å². The Morgan fingerprint density at radius 2 is 1.95 bits per heavy atom. The van der Waals surface area contributed by atoms with Crippen LogP contribution in [0.25, 0.3) is 6.08 Å². The van der Waals surface area contributed by atoms with Gasteiger partial charge in [-0.3, -0.25) is 0 Å². The van der Waals surface area contributed by atoms with Gasteiger partial charge in [-0.2, -0.15) is 0 Å². The van der Waals surface area contributed by atoms with Crippen molar-refractivity contribution in [3.63, 3.8) is 0 Å². The van der Waals surface area contributed by atoms with Gasteiger partial charge in [0.15, 0.2) is 0 Å². The lowest BCUT2D eigenvalue weighted by molar-refractivity contribution is 0.122. The molecule has 1 N–H and O–H groups in total. The van der Waals surface area contributed by atoms with E-state index in [0.29, 0.717) is 0 Å². The van der Waals surface area contributed by atoms with E-state index in [1.165, 1.54) is 19.3 Å². The van der Waals surface area contributed by atoms with Crippen LogP contribution in [-0.4, -0.2) is 36.8 Å².